The van der Waals surface area contributed by atoms with Gasteiger partial charge < -0.3 is 19.3 Å². The van der Waals surface area contributed by atoms with Crippen LogP contribution in [-0.2, 0) is 16.0 Å². The van der Waals surface area contributed by atoms with Gasteiger partial charge in [0.15, 0.2) is 0 Å². The zero-order valence-electron chi connectivity index (χ0n) is 18.7. The highest BCUT2D eigenvalue weighted by atomic mass is 16.5. The highest BCUT2D eigenvalue weighted by molar-refractivity contribution is 6.07. The lowest BCUT2D eigenvalue weighted by atomic mass is 9.85. The molecule has 3 rings (SSSR count). The van der Waals surface area contributed by atoms with Gasteiger partial charge >= 0.3 is 6.03 Å². The van der Waals surface area contributed by atoms with Crippen LogP contribution in [0.4, 0.5) is 4.79 Å². The largest absolute Gasteiger partial charge is 0.497 e. The Morgan fingerprint density at radius 3 is 2.27 bits per heavy atom. The van der Waals surface area contributed by atoms with E-state index >= 15 is 0 Å². The Hall–Kier alpha value is -2.12. The molecule has 2 aliphatic rings. The lowest BCUT2D eigenvalue weighted by Crippen LogP contribution is -2.57. The molecule has 2 fully saturated rings. The van der Waals surface area contributed by atoms with Crippen molar-refractivity contribution in [2.24, 2.45) is 5.92 Å². The second kappa shape index (κ2) is 9.79. The van der Waals surface area contributed by atoms with Gasteiger partial charge in [0.1, 0.15) is 11.3 Å². The summed E-state index contributed by atoms with van der Waals surface area (Å²) in [6.07, 6.45) is 2.09. The predicted octanol–water partition coefficient (Wildman–Crippen LogP) is 2.64. The molecule has 0 aromatic heterocycles. The van der Waals surface area contributed by atoms with Crippen LogP contribution in [0, 0.1) is 5.92 Å². The molecule has 7 nitrogen and oxygen atoms in total. The van der Waals surface area contributed by atoms with Crippen LogP contribution in [-0.4, -0.2) is 85.7 Å². The smallest absolute Gasteiger partial charge is 0.327 e. The zero-order valence-corrected chi connectivity index (χ0v) is 18.7. The first-order chi connectivity index (χ1) is 14.4. The van der Waals surface area contributed by atoms with E-state index in [0.29, 0.717) is 44.9 Å². The Morgan fingerprint density at radius 2 is 1.70 bits per heavy atom. The molecule has 2 saturated heterocycles. The molecule has 2 aliphatic heterocycles. The number of likely N-dealkylation sites (tertiary alicyclic amines) is 1. The average Bonchev–Trinajstić information content (AvgIpc) is 2.93. The first-order valence-corrected chi connectivity index (χ1v) is 10.9. The van der Waals surface area contributed by atoms with E-state index in [4.69, 9.17) is 9.47 Å². The van der Waals surface area contributed by atoms with Crippen molar-refractivity contribution in [1.29, 1.82) is 0 Å². The van der Waals surface area contributed by atoms with E-state index in [-0.39, 0.29) is 11.9 Å². The van der Waals surface area contributed by atoms with Crippen LogP contribution in [0.3, 0.4) is 0 Å². The molecule has 7 heteroatoms. The van der Waals surface area contributed by atoms with Crippen LogP contribution in [0.5, 0.6) is 5.75 Å². The van der Waals surface area contributed by atoms with Crippen molar-refractivity contribution >= 4 is 11.9 Å². The van der Waals surface area contributed by atoms with Gasteiger partial charge in [0, 0.05) is 33.3 Å². The molecule has 0 aliphatic carbocycles. The van der Waals surface area contributed by atoms with Crippen LogP contribution < -0.4 is 4.74 Å². The van der Waals surface area contributed by atoms with Gasteiger partial charge in [-0.2, -0.15) is 0 Å². The van der Waals surface area contributed by atoms with Crippen LogP contribution in [0.2, 0.25) is 0 Å². The van der Waals surface area contributed by atoms with Gasteiger partial charge in [-0.1, -0.05) is 26.0 Å². The molecular weight excluding hydrogens is 382 g/mol. The molecule has 1 spiro atoms. The summed E-state index contributed by atoms with van der Waals surface area (Å²) in [7, 11) is 3.24. The predicted molar refractivity (Wildman–Crippen MR) is 116 cm³/mol. The highest BCUT2D eigenvalue weighted by Crippen LogP contribution is 2.37. The summed E-state index contributed by atoms with van der Waals surface area (Å²) >= 11 is 0. The fraction of sp³-hybridized carbons (Fsp3) is 0.652. The second-order valence-corrected chi connectivity index (χ2v) is 8.71. The Balaban J connectivity index is 1.76. The lowest BCUT2D eigenvalue weighted by Gasteiger charge is -2.42. The van der Waals surface area contributed by atoms with E-state index in [1.807, 2.05) is 29.2 Å². The van der Waals surface area contributed by atoms with Gasteiger partial charge in [-0.3, -0.25) is 9.69 Å². The second-order valence-electron chi connectivity index (χ2n) is 8.71. The number of carbonyl (C=O) groups excluding carboxylic acids is 2. The number of benzene rings is 1. The molecule has 1 aromatic rings. The Labute approximate surface area is 179 Å². The fourth-order valence-corrected chi connectivity index (χ4v) is 4.61. The van der Waals surface area contributed by atoms with Gasteiger partial charge in [0.2, 0.25) is 0 Å². The maximum atomic E-state index is 13.4. The van der Waals surface area contributed by atoms with Crippen molar-refractivity contribution in [3.05, 3.63) is 29.8 Å². The van der Waals surface area contributed by atoms with Gasteiger partial charge in [-0.15, -0.1) is 0 Å². The van der Waals surface area contributed by atoms with Crippen LogP contribution in [0.15, 0.2) is 24.3 Å². The molecule has 3 amide bonds. The third kappa shape index (κ3) is 4.62. The van der Waals surface area contributed by atoms with E-state index in [2.05, 4.69) is 18.7 Å². The fourth-order valence-electron chi connectivity index (χ4n) is 4.61. The molecule has 0 N–H and O–H groups in total. The van der Waals surface area contributed by atoms with E-state index in [9.17, 15) is 9.59 Å². The maximum absolute atomic E-state index is 13.4. The van der Waals surface area contributed by atoms with E-state index < -0.39 is 5.54 Å². The van der Waals surface area contributed by atoms with Gasteiger partial charge in [0.05, 0.1) is 20.3 Å². The number of urea groups is 1. The summed E-state index contributed by atoms with van der Waals surface area (Å²) in [6.45, 7) is 8.33. The van der Waals surface area contributed by atoms with Crippen LogP contribution in [0.1, 0.15) is 32.3 Å². The van der Waals surface area contributed by atoms with Gasteiger partial charge in [0.25, 0.3) is 5.91 Å². The number of nitrogens with zero attached hydrogens (tertiary/aromatic N) is 3. The van der Waals surface area contributed by atoms with E-state index in [0.717, 1.165) is 30.9 Å². The minimum absolute atomic E-state index is 0.0523. The third-order valence-electron chi connectivity index (χ3n) is 6.23. The van der Waals surface area contributed by atoms with Gasteiger partial charge in [-0.25, -0.2) is 4.79 Å². The molecule has 2 heterocycles. The normalized spacial score (nSPS) is 19.4. The quantitative estimate of drug-likeness (QED) is 0.578. The van der Waals surface area contributed by atoms with Crippen molar-refractivity contribution in [2.75, 3.05) is 53.6 Å². The zero-order chi connectivity index (χ0) is 21.7. The Bertz CT molecular complexity index is 726. The summed E-state index contributed by atoms with van der Waals surface area (Å²) in [6, 6.07) is 7.71. The molecule has 0 unspecified atom stereocenters. The molecular formula is C23H35N3O4. The van der Waals surface area contributed by atoms with Crippen molar-refractivity contribution < 1.29 is 19.1 Å². The highest BCUT2D eigenvalue weighted by Gasteiger charge is 2.57. The number of carbonyl (C=O) groups is 2. The van der Waals surface area contributed by atoms with Crippen molar-refractivity contribution in [3.63, 3.8) is 0 Å². The Kier molecular flexibility index (Phi) is 7.36. The number of hydrogen-bond acceptors (Lipinski definition) is 5. The monoisotopic (exact) mass is 417 g/mol. The minimum atomic E-state index is -0.717. The van der Waals surface area contributed by atoms with Crippen molar-refractivity contribution in [2.45, 2.75) is 38.6 Å². The molecule has 0 bridgehead atoms. The van der Waals surface area contributed by atoms with Gasteiger partial charge in [-0.05, 0) is 42.9 Å². The average molecular weight is 418 g/mol. The van der Waals surface area contributed by atoms with E-state index in [1.165, 1.54) is 4.90 Å². The molecule has 0 radical (unpaired) electrons. The van der Waals surface area contributed by atoms with Crippen molar-refractivity contribution in [3.8, 4) is 5.75 Å². The summed E-state index contributed by atoms with van der Waals surface area (Å²) in [5, 5.41) is 0. The molecule has 1 aromatic carbocycles. The summed E-state index contributed by atoms with van der Waals surface area (Å²) < 4.78 is 10.4. The van der Waals surface area contributed by atoms with E-state index in [1.54, 1.807) is 14.2 Å². The number of amides is 3. The SMILES string of the molecule is COCCN1C(=O)N(CCc2ccc(OC)cc2)C2(CCN(CC(C)C)CC2)C1=O. The number of piperidine rings is 1. The molecule has 30 heavy (non-hydrogen) atoms. The first-order valence-electron chi connectivity index (χ1n) is 10.9. The van der Waals surface area contributed by atoms with Crippen molar-refractivity contribution in [1.82, 2.24) is 14.7 Å². The minimum Gasteiger partial charge on any atom is -0.497 e. The first kappa shape index (κ1) is 22.6. The Morgan fingerprint density at radius 1 is 1.03 bits per heavy atom. The number of methoxy groups -OCH3 is 2. The molecule has 0 atom stereocenters. The maximum Gasteiger partial charge on any atom is 0.327 e. The lowest BCUT2D eigenvalue weighted by molar-refractivity contribution is -0.136. The number of imide groups is 1. The van der Waals surface area contributed by atoms with Crippen LogP contribution in [0.25, 0.3) is 0 Å². The van der Waals surface area contributed by atoms with Crippen LogP contribution >= 0.6 is 0 Å². The standard InChI is InChI=1S/C23H35N3O4/c1-18(2)17-24-13-10-23(11-14-24)21(27)25(15-16-29-3)22(28)26(23)12-9-19-5-7-20(30-4)8-6-19/h5-8,18H,9-17H2,1-4H3. The molecule has 166 valence electrons. The third-order valence-corrected chi connectivity index (χ3v) is 6.23. The number of hydrogen-bond donors (Lipinski definition) is 0. The summed E-state index contributed by atoms with van der Waals surface area (Å²) in [5.41, 5.74) is 0.406. The molecule has 0 saturated carbocycles. The topological polar surface area (TPSA) is 62.3 Å². The summed E-state index contributed by atoms with van der Waals surface area (Å²) in [5.74, 6) is 1.35. The number of ether oxygens (including phenoxy) is 2. The number of rotatable bonds is 9. The summed E-state index contributed by atoms with van der Waals surface area (Å²) in [4.78, 5) is 32.3.